The van der Waals surface area contributed by atoms with Crippen LogP contribution in [0.1, 0.15) is 103 Å². The second kappa shape index (κ2) is 19.3. The molecule has 0 saturated heterocycles. The van der Waals surface area contributed by atoms with Crippen molar-refractivity contribution in [3.63, 3.8) is 0 Å². The van der Waals surface area contributed by atoms with Crippen LogP contribution in [0.4, 0.5) is 0 Å². The molecule has 2 amide bonds. The summed E-state index contributed by atoms with van der Waals surface area (Å²) >= 11 is 10.5. The van der Waals surface area contributed by atoms with Crippen molar-refractivity contribution >= 4 is 91.2 Å². The average Bonchev–Trinajstić information content (AvgIpc) is 4.07. The lowest BCUT2D eigenvalue weighted by atomic mass is 9.97. The van der Waals surface area contributed by atoms with E-state index in [-0.39, 0.29) is 11.8 Å². The van der Waals surface area contributed by atoms with Gasteiger partial charge >= 0.3 is 0 Å². The lowest BCUT2D eigenvalue weighted by Gasteiger charge is -2.26. The molecule has 2 aliphatic rings. The third kappa shape index (κ3) is 9.49. The first-order chi connectivity index (χ1) is 29.0. The van der Waals surface area contributed by atoms with Gasteiger partial charge in [0.05, 0.1) is 32.3 Å². The topological polar surface area (TPSA) is 40.6 Å². The Labute approximate surface area is 380 Å². The molecule has 0 unspecified atom stereocenters. The largest absolute Gasteiger partial charge is 0.306 e. The maximum absolute atomic E-state index is 15.2. The number of rotatable bonds is 20. The van der Waals surface area contributed by atoms with Gasteiger partial charge in [0.2, 0.25) is 0 Å². The zero-order valence-corrected chi connectivity index (χ0v) is 40.5. The van der Waals surface area contributed by atoms with Crippen LogP contribution in [-0.4, -0.2) is 34.7 Å². The highest BCUT2D eigenvalue weighted by atomic mass is 32.1. The van der Waals surface area contributed by atoms with Gasteiger partial charge in [-0.05, 0) is 108 Å². The summed E-state index contributed by atoms with van der Waals surface area (Å²) in [7, 11) is 0. The summed E-state index contributed by atoms with van der Waals surface area (Å²) < 4.78 is 0. The quantitative estimate of drug-likeness (QED) is 0.0766. The number of nitrogens with zero attached hydrogens (tertiary/aromatic N) is 2. The molecule has 0 saturated carbocycles. The summed E-state index contributed by atoms with van der Waals surface area (Å²) in [6.07, 6.45) is 8.92. The van der Waals surface area contributed by atoms with Gasteiger partial charge in [-0.25, -0.2) is 0 Å². The van der Waals surface area contributed by atoms with Crippen molar-refractivity contribution in [1.29, 1.82) is 0 Å². The number of carbonyl (C=O) groups is 2. The molecular weight excluding hydrogens is 853 g/mol. The summed E-state index contributed by atoms with van der Waals surface area (Å²) in [6.45, 7) is 15.0. The molecule has 10 heteroatoms. The third-order valence-corrected chi connectivity index (χ3v) is 18.6. The van der Waals surface area contributed by atoms with Gasteiger partial charge in [-0.3, -0.25) is 9.59 Å². The molecule has 0 spiro atoms. The first-order valence-electron chi connectivity index (χ1n) is 21.7. The van der Waals surface area contributed by atoms with E-state index in [0.717, 1.165) is 56.6 Å². The Morgan fingerprint density at radius 3 is 1.08 bits per heavy atom. The molecule has 0 radical (unpaired) electrons. The van der Waals surface area contributed by atoms with Crippen molar-refractivity contribution in [2.24, 2.45) is 23.7 Å². The molecule has 0 N–H and O–H groups in total. The van der Waals surface area contributed by atoms with Crippen LogP contribution in [0.5, 0.6) is 0 Å². The van der Waals surface area contributed by atoms with E-state index in [2.05, 4.69) is 125 Å². The van der Waals surface area contributed by atoms with Gasteiger partial charge in [-0.1, -0.05) is 92.2 Å². The maximum atomic E-state index is 15.2. The Bertz CT molecular complexity index is 2280. The zero-order valence-electron chi connectivity index (χ0n) is 35.6. The monoisotopic (exact) mass is 908 g/mol. The number of fused-ring (bicyclic) bond motifs is 1. The number of amides is 2. The molecule has 0 aliphatic carbocycles. The van der Waals surface area contributed by atoms with E-state index in [1.807, 2.05) is 9.80 Å². The Hall–Kier alpha value is -3.38. The maximum Gasteiger partial charge on any atom is 0.261 e. The predicted octanol–water partition coefficient (Wildman–Crippen LogP) is 16.2. The van der Waals surface area contributed by atoms with E-state index < -0.39 is 0 Å². The van der Waals surface area contributed by atoms with Crippen molar-refractivity contribution in [3.05, 3.63) is 104 Å². The van der Waals surface area contributed by atoms with Crippen LogP contribution in [0.3, 0.4) is 0 Å². The summed E-state index contributed by atoms with van der Waals surface area (Å²) in [5, 5.41) is 4.25. The van der Waals surface area contributed by atoms with Crippen LogP contribution in [0, 0.1) is 23.7 Å². The summed E-state index contributed by atoms with van der Waals surface area (Å²) in [6, 6.07) is 26.1. The van der Waals surface area contributed by atoms with Gasteiger partial charge in [0, 0.05) is 52.1 Å². The molecule has 314 valence electrons. The molecule has 8 heterocycles. The van der Waals surface area contributed by atoms with Crippen LogP contribution >= 0.6 is 68.0 Å². The van der Waals surface area contributed by atoms with Gasteiger partial charge in [-0.15, -0.1) is 68.0 Å². The molecular formula is C50H56N2O2S6. The van der Waals surface area contributed by atoms with E-state index in [0.29, 0.717) is 47.9 Å². The highest BCUT2D eigenvalue weighted by molar-refractivity contribution is 7.27. The molecule has 2 aliphatic heterocycles. The molecule has 2 atom stereocenters. The van der Waals surface area contributed by atoms with Gasteiger partial charge < -0.3 is 9.80 Å². The van der Waals surface area contributed by atoms with Gasteiger partial charge in [0.25, 0.3) is 11.8 Å². The number of thiophene rings is 6. The highest BCUT2D eigenvalue weighted by Gasteiger charge is 2.49. The van der Waals surface area contributed by atoms with Crippen LogP contribution in [0.25, 0.3) is 50.4 Å². The molecule has 0 bridgehead atoms. The van der Waals surface area contributed by atoms with Crippen LogP contribution in [-0.2, 0) is 9.59 Å². The fourth-order valence-corrected chi connectivity index (χ4v) is 14.3. The summed E-state index contributed by atoms with van der Waals surface area (Å²) in [4.78, 5) is 46.1. The number of carbonyl (C=O) groups excluding carboxylic acids is 2. The molecule has 60 heavy (non-hydrogen) atoms. The lowest BCUT2D eigenvalue weighted by Crippen LogP contribution is -2.31. The lowest BCUT2D eigenvalue weighted by molar-refractivity contribution is -0.124. The van der Waals surface area contributed by atoms with E-state index in [1.54, 1.807) is 68.0 Å². The third-order valence-electron chi connectivity index (χ3n) is 11.7. The number of hydrogen-bond acceptors (Lipinski definition) is 8. The zero-order chi connectivity index (χ0) is 41.9. The summed E-state index contributed by atoms with van der Waals surface area (Å²) in [5.74, 6) is 2.28. The summed E-state index contributed by atoms with van der Waals surface area (Å²) in [5.41, 5.74) is 2.81. The minimum absolute atomic E-state index is 0.0256. The average molecular weight is 909 g/mol. The normalized spacial score (nSPS) is 15.5. The minimum Gasteiger partial charge on any atom is -0.306 e. The van der Waals surface area contributed by atoms with Crippen LogP contribution < -0.4 is 0 Å². The second-order valence-corrected chi connectivity index (χ2v) is 23.6. The number of hydrogen-bond donors (Lipinski definition) is 0. The second-order valence-electron chi connectivity index (χ2n) is 17.4. The standard InChI is InChI=1S/C50H56N2O2S6/c1-31(2)11-7-13-33(5)25-27-51-47(43-23-21-41(59-43)39-19-17-37(57-39)35-15-9-29-55-35)45-46(49(51)53)48(52(50(45)54)28-26-34(6)14-8-12-32(3)4)44-24-22-42(60-44)40-20-18-38(58-40)36-16-10-30-56-36/h9-10,15-24,29-34H,7-8,11-14,25-28H2,1-6H3/t33-,34-/m0/s1. The van der Waals surface area contributed by atoms with E-state index in [9.17, 15) is 0 Å². The van der Waals surface area contributed by atoms with Crippen LogP contribution in [0.2, 0.25) is 0 Å². The molecule has 6 aromatic rings. The van der Waals surface area contributed by atoms with Crippen molar-refractivity contribution in [2.45, 2.75) is 92.9 Å². The van der Waals surface area contributed by atoms with Gasteiger partial charge in [0.1, 0.15) is 0 Å². The van der Waals surface area contributed by atoms with E-state index in [4.69, 9.17) is 0 Å². The fourth-order valence-electron chi connectivity index (χ4n) is 8.31. The molecule has 0 fully saturated rings. The predicted molar refractivity (Wildman–Crippen MR) is 264 cm³/mol. The smallest absolute Gasteiger partial charge is 0.261 e. The van der Waals surface area contributed by atoms with Gasteiger partial charge in [0.15, 0.2) is 0 Å². The van der Waals surface area contributed by atoms with Crippen molar-refractivity contribution in [1.82, 2.24) is 9.80 Å². The van der Waals surface area contributed by atoms with Crippen molar-refractivity contribution in [3.8, 4) is 39.0 Å². The SMILES string of the molecule is CC(C)CCC[C@H](C)CCN1C(=O)C2=C(c3ccc(-c4ccc(-c5cccs5)s4)s3)N(CC[C@@H](C)CCCC(C)C)C(=O)C2=C1c1ccc(-c2ccc(-c3cccs3)s2)s1. The molecule has 6 aromatic heterocycles. The fraction of sp³-hybridized carbons (Fsp3) is 0.400. The van der Waals surface area contributed by atoms with Crippen molar-refractivity contribution in [2.75, 3.05) is 13.1 Å². The van der Waals surface area contributed by atoms with E-state index >= 15 is 9.59 Å². The Morgan fingerprint density at radius 1 is 0.417 bits per heavy atom. The first kappa shape index (κ1) is 43.3. The van der Waals surface area contributed by atoms with Crippen molar-refractivity contribution < 1.29 is 9.59 Å². The highest BCUT2D eigenvalue weighted by Crippen LogP contribution is 2.51. The molecule has 0 aromatic carbocycles. The molecule has 4 nitrogen and oxygen atoms in total. The Morgan fingerprint density at radius 2 is 0.750 bits per heavy atom. The van der Waals surface area contributed by atoms with E-state index in [1.165, 1.54) is 54.9 Å². The molecule has 8 rings (SSSR count). The van der Waals surface area contributed by atoms with Gasteiger partial charge in [-0.2, -0.15) is 0 Å². The Balaban J connectivity index is 1.18. The first-order valence-corrected chi connectivity index (χ1v) is 26.7. The Kier molecular flexibility index (Phi) is 14.0. The van der Waals surface area contributed by atoms with Crippen LogP contribution in [0.15, 0.2) is 94.7 Å². The minimum atomic E-state index is -0.0256.